The lowest BCUT2D eigenvalue weighted by Gasteiger charge is -2.08. The number of rotatable bonds is 3. The van der Waals surface area contributed by atoms with E-state index in [9.17, 15) is 9.59 Å². The second kappa shape index (κ2) is 6.74. The number of para-hydroxylation sites is 1. The molecule has 2 heterocycles. The number of benzene rings is 2. The van der Waals surface area contributed by atoms with Crippen LogP contribution in [0.4, 0.5) is 4.79 Å². The van der Waals surface area contributed by atoms with Crippen LogP contribution < -0.4 is 5.32 Å². The summed E-state index contributed by atoms with van der Waals surface area (Å²) in [6.45, 7) is 0. The van der Waals surface area contributed by atoms with E-state index in [2.05, 4.69) is 5.32 Å². The van der Waals surface area contributed by atoms with Crippen LogP contribution in [0.15, 0.2) is 75.5 Å². The number of amides is 2. The van der Waals surface area contributed by atoms with Crippen molar-refractivity contribution in [2.75, 3.05) is 0 Å². The molecule has 1 fully saturated rings. The third-order valence-electron chi connectivity index (χ3n) is 3.60. The highest BCUT2D eigenvalue weighted by Gasteiger charge is 2.25. The molecular weight excluding hydrogens is 352 g/mol. The van der Waals surface area contributed by atoms with Crippen LogP contribution in [-0.4, -0.2) is 16.1 Å². The molecule has 0 atom stereocenters. The number of carbonyl (C=O) groups is 2. The second-order valence-electron chi connectivity index (χ2n) is 5.34. The van der Waals surface area contributed by atoms with Gasteiger partial charge < -0.3 is 0 Å². The van der Waals surface area contributed by atoms with E-state index < -0.39 is 0 Å². The first kappa shape index (κ1) is 15.9. The number of nitrogens with one attached hydrogen (secondary N) is 1. The summed E-state index contributed by atoms with van der Waals surface area (Å²) in [6.07, 6.45) is 1.73. The molecule has 4 rings (SSSR count). The van der Waals surface area contributed by atoms with Crippen molar-refractivity contribution in [3.63, 3.8) is 0 Å². The Labute approximate surface area is 152 Å². The molecule has 1 aliphatic rings. The van der Waals surface area contributed by atoms with Crippen LogP contribution >= 0.6 is 23.5 Å². The monoisotopic (exact) mass is 364 g/mol. The summed E-state index contributed by atoms with van der Waals surface area (Å²) in [5.41, 5.74) is 1.71. The zero-order chi connectivity index (χ0) is 17.2. The number of fused-ring (bicyclic) bond motifs is 1. The van der Waals surface area contributed by atoms with Gasteiger partial charge in [0.05, 0.1) is 10.4 Å². The summed E-state index contributed by atoms with van der Waals surface area (Å²) in [6, 6.07) is 19.8. The molecule has 0 spiro atoms. The number of imide groups is 1. The quantitative estimate of drug-likeness (QED) is 0.682. The van der Waals surface area contributed by atoms with E-state index in [1.807, 2.05) is 60.7 Å². The van der Waals surface area contributed by atoms with Crippen molar-refractivity contribution in [2.45, 2.75) is 9.92 Å². The lowest BCUT2D eigenvalue weighted by molar-refractivity contribution is -0.115. The van der Waals surface area contributed by atoms with Gasteiger partial charge in [0, 0.05) is 15.8 Å². The van der Waals surface area contributed by atoms with E-state index >= 15 is 0 Å². The topological polar surface area (TPSA) is 59.1 Å². The number of pyridine rings is 1. The summed E-state index contributed by atoms with van der Waals surface area (Å²) in [5.74, 6) is -0.362. The van der Waals surface area contributed by atoms with Crippen molar-refractivity contribution < 1.29 is 9.59 Å². The average Bonchev–Trinajstić information content (AvgIpc) is 2.93. The fraction of sp³-hybridized carbons (Fsp3) is 0. The van der Waals surface area contributed by atoms with Gasteiger partial charge in [-0.2, -0.15) is 0 Å². The number of nitrogens with zero attached hydrogens (tertiary/aromatic N) is 1. The van der Waals surface area contributed by atoms with E-state index in [0.29, 0.717) is 4.91 Å². The van der Waals surface area contributed by atoms with Gasteiger partial charge in [-0.3, -0.25) is 14.9 Å². The molecule has 1 aliphatic heterocycles. The molecular formula is C19H12N2O2S2. The SMILES string of the molecule is O=C1NC(=O)/C(=C\c2cc3ccccc3nc2Sc2ccccc2)S1. The van der Waals surface area contributed by atoms with Gasteiger partial charge in [0.25, 0.3) is 11.1 Å². The average molecular weight is 364 g/mol. The predicted octanol–water partition coefficient (Wildman–Crippen LogP) is 4.71. The van der Waals surface area contributed by atoms with E-state index in [-0.39, 0.29) is 11.1 Å². The molecule has 0 bridgehead atoms. The first-order chi connectivity index (χ1) is 12.2. The zero-order valence-corrected chi connectivity index (χ0v) is 14.6. The van der Waals surface area contributed by atoms with Crippen molar-refractivity contribution in [1.29, 1.82) is 0 Å². The summed E-state index contributed by atoms with van der Waals surface area (Å²) in [4.78, 5) is 29.5. The Morgan fingerprint density at radius 2 is 1.76 bits per heavy atom. The number of hydrogen-bond donors (Lipinski definition) is 1. The first-order valence-corrected chi connectivity index (χ1v) is 9.20. The molecule has 2 aromatic carbocycles. The maximum Gasteiger partial charge on any atom is 0.290 e. The van der Waals surface area contributed by atoms with Gasteiger partial charge in [0.1, 0.15) is 5.03 Å². The molecule has 1 aromatic heterocycles. The van der Waals surface area contributed by atoms with Crippen molar-refractivity contribution in [3.8, 4) is 0 Å². The first-order valence-electron chi connectivity index (χ1n) is 7.56. The van der Waals surface area contributed by atoms with Gasteiger partial charge in [-0.05, 0) is 42.1 Å². The summed E-state index contributed by atoms with van der Waals surface area (Å²) in [7, 11) is 0. The smallest absolute Gasteiger partial charge is 0.282 e. The molecule has 25 heavy (non-hydrogen) atoms. The van der Waals surface area contributed by atoms with Crippen LogP contribution in [0.25, 0.3) is 17.0 Å². The fourth-order valence-electron chi connectivity index (χ4n) is 2.46. The Hall–Kier alpha value is -2.57. The molecule has 3 aromatic rings. The number of aromatic nitrogens is 1. The van der Waals surface area contributed by atoms with Gasteiger partial charge in [-0.25, -0.2) is 4.98 Å². The van der Waals surface area contributed by atoms with E-state index in [1.165, 1.54) is 11.8 Å². The number of hydrogen-bond acceptors (Lipinski definition) is 5. The molecule has 0 saturated carbocycles. The summed E-state index contributed by atoms with van der Waals surface area (Å²) < 4.78 is 0. The van der Waals surface area contributed by atoms with Crippen molar-refractivity contribution in [1.82, 2.24) is 10.3 Å². The lowest BCUT2D eigenvalue weighted by atomic mass is 10.1. The zero-order valence-electron chi connectivity index (χ0n) is 12.9. The van der Waals surface area contributed by atoms with Gasteiger partial charge in [0.2, 0.25) is 0 Å². The molecule has 0 aliphatic carbocycles. The normalized spacial score (nSPS) is 15.8. The van der Waals surface area contributed by atoms with E-state index in [4.69, 9.17) is 4.98 Å². The predicted molar refractivity (Wildman–Crippen MR) is 101 cm³/mol. The maximum atomic E-state index is 11.9. The maximum absolute atomic E-state index is 11.9. The van der Waals surface area contributed by atoms with Crippen LogP contribution in [0.5, 0.6) is 0 Å². The van der Waals surface area contributed by atoms with Gasteiger partial charge in [0.15, 0.2) is 0 Å². The van der Waals surface area contributed by atoms with Crippen molar-refractivity contribution in [2.24, 2.45) is 0 Å². The third-order valence-corrected chi connectivity index (χ3v) is 5.44. The second-order valence-corrected chi connectivity index (χ2v) is 7.42. The van der Waals surface area contributed by atoms with E-state index in [1.54, 1.807) is 6.08 Å². The molecule has 122 valence electrons. The fourth-order valence-corrected chi connectivity index (χ4v) is 4.03. The highest BCUT2D eigenvalue weighted by molar-refractivity contribution is 8.18. The van der Waals surface area contributed by atoms with Crippen LogP contribution in [-0.2, 0) is 4.79 Å². The Bertz CT molecular complexity index is 1020. The molecule has 6 heteroatoms. The molecule has 1 N–H and O–H groups in total. The lowest BCUT2D eigenvalue weighted by Crippen LogP contribution is -2.17. The van der Waals surface area contributed by atoms with E-state index in [0.717, 1.165) is 38.1 Å². The molecule has 2 amide bonds. The van der Waals surface area contributed by atoms with Crippen LogP contribution in [0.1, 0.15) is 5.56 Å². The van der Waals surface area contributed by atoms with Gasteiger partial charge in [-0.15, -0.1) is 0 Å². The standard InChI is InChI=1S/C19H12N2O2S2/c22-17-16(25-19(23)21-17)11-13-10-12-6-4-5-9-15(12)20-18(13)24-14-7-2-1-3-8-14/h1-11H,(H,21,22,23)/b16-11+. The minimum Gasteiger partial charge on any atom is -0.282 e. The van der Waals surface area contributed by atoms with Crippen LogP contribution in [0.2, 0.25) is 0 Å². The van der Waals surface area contributed by atoms with Crippen LogP contribution in [0.3, 0.4) is 0 Å². The summed E-state index contributed by atoms with van der Waals surface area (Å²) in [5, 5.41) is 3.72. The Morgan fingerprint density at radius 1 is 1.00 bits per heavy atom. The molecule has 1 saturated heterocycles. The molecule has 4 nitrogen and oxygen atoms in total. The van der Waals surface area contributed by atoms with Gasteiger partial charge >= 0.3 is 0 Å². The minimum absolute atomic E-state index is 0.345. The Morgan fingerprint density at radius 3 is 2.52 bits per heavy atom. The van der Waals surface area contributed by atoms with Crippen LogP contribution in [0, 0.1) is 0 Å². The van der Waals surface area contributed by atoms with Crippen molar-refractivity contribution in [3.05, 3.63) is 71.1 Å². The largest absolute Gasteiger partial charge is 0.290 e. The molecule has 0 radical (unpaired) electrons. The highest BCUT2D eigenvalue weighted by Crippen LogP contribution is 2.34. The number of thioether (sulfide) groups is 1. The number of carbonyl (C=O) groups excluding carboxylic acids is 2. The molecule has 0 unspecified atom stereocenters. The van der Waals surface area contributed by atoms with Gasteiger partial charge in [-0.1, -0.05) is 48.2 Å². The Balaban J connectivity index is 1.83. The Kier molecular flexibility index (Phi) is 4.29. The third kappa shape index (κ3) is 3.45. The minimum atomic E-state index is -0.362. The highest BCUT2D eigenvalue weighted by atomic mass is 32.2. The summed E-state index contributed by atoms with van der Waals surface area (Å²) >= 11 is 2.45. The van der Waals surface area contributed by atoms with Crippen molar-refractivity contribution >= 4 is 51.6 Å².